The third-order valence-corrected chi connectivity index (χ3v) is 3.99. The van der Waals surface area contributed by atoms with Gasteiger partial charge in [0.2, 0.25) is 0 Å². The first-order chi connectivity index (χ1) is 13.0. The summed E-state index contributed by atoms with van der Waals surface area (Å²) in [5.41, 5.74) is 1.47. The first kappa shape index (κ1) is 17.9. The molecule has 0 fully saturated rings. The van der Waals surface area contributed by atoms with Gasteiger partial charge >= 0.3 is 0 Å². The highest BCUT2D eigenvalue weighted by Crippen LogP contribution is 2.27. The van der Waals surface area contributed by atoms with Crippen molar-refractivity contribution in [3.8, 4) is 11.1 Å². The molecule has 6 nitrogen and oxygen atoms in total. The van der Waals surface area contributed by atoms with Crippen LogP contribution in [0.4, 0.5) is 5.69 Å². The molecule has 1 N–H and O–H groups in total. The van der Waals surface area contributed by atoms with E-state index >= 15 is 0 Å². The van der Waals surface area contributed by atoms with Crippen molar-refractivity contribution >= 4 is 23.5 Å². The van der Waals surface area contributed by atoms with Gasteiger partial charge in [0, 0.05) is 16.8 Å². The topological polar surface area (TPSA) is 109 Å². The summed E-state index contributed by atoms with van der Waals surface area (Å²) in [6.07, 6.45) is 0. The van der Waals surface area contributed by atoms with Gasteiger partial charge in [0.05, 0.1) is 11.9 Å². The van der Waals surface area contributed by atoms with Crippen LogP contribution in [-0.2, 0) is 0 Å². The van der Waals surface area contributed by atoms with E-state index in [1.807, 2.05) is 0 Å². The van der Waals surface area contributed by atoms with E-state index in [9.17, 15) is 24.6 Å². The molecule has 134 valence electrons. The Morgan fingerprint density at radius 3 is 1.70 bits per heavy atom. The average molecular weight is 359 g/mol. The maximum absolute atomic E-state index is 12.7. The summed E-state index contributed by atoms with van der Waals surface area (Å²) in [5, 5.41) is 24.9. The molecule has 0 atom stereocenters. The Kier molecular flexibility index (Phi) is 4.99. The number of carbonyl (C=O) groups excluding carboxylic acids is 3. The van der Waals surface area contributed by atoms with E-state index in [1.54, 1.807) is 42.5 Å². The number of nitrogens with one attached hydrogen (secondary N) is 1. The minimum atomic E-state index is -1.33. The molecule has 0 saturated heterocycles. The van der Waals surface area contributed by atoms with Gasteiger partial charge in [-0.05, 0) is 34.9 Å². The number of amides is 1. The Labute approximate surface area is 154 Å². The van der Waals surface area contributed by atoms with Gasteiger partial charge in [-0.15, -0.1) is 0 Å². The molecule has 0 spiro atoms. The third kappa shape index (κ3) is 3.85. The van der Waals surface area contributed by atoms with Gasteiger partial charge in [-0.3, -0.25) is 4.79 Å². The summed E-state index contributed by atoms with van der Waals surface area (Å²) < 4.78 is 0. The maximum atomic E-state index is 12.7. The van der Waals surface area contributed by atoms with Crippen molar-refractivity contribution in [2.75, 3.05) is 5.32 Å². The predicted molar refractivity (Wildman–Crippen MR) is 94.9 cm³/mol. The zero-order valence-corrected chi connectivity index (χ0v) is 14.0. The van der Waals surface area contributed by atoms with Crippen molar-refractivity contribution in [2.24, 2.45) is 0 Å². The lowest BCUT2D eigenvalue weighted by atomic mass is 9.95. The van der Waals surface area contributed by atoms with E-state index in [1.165, 1.54) is 30.3 Å². The molecule has 3 rings (SSSR count). The van der Waals surface area contributed by atoms with Gasteiger partial charge in [0.1, 0.15) is 0 Å². The van der Waals surface area contributed by atoms with Gasteiger partial charge in [0.15, 0.2) is 0 Å². The number of hydrogen-bond donors (Lipinski definition) is 1. The fourth-order valence-corrected chi connectivity index (χ4v) is 2.70. The van der Waals surface area contributed by atoms with Crippen molar-refractivity contribution < 1.29 is 24.6 Å². The Morgan fingerprint density at radius 2 is 1.15 bits per heavy atom. The lowest BCUT2D eigenvalue weighted by Crippen LogP contribution is -2.23. The molecule has 0 bridgehead atoms. The number of carboxylic acid groups (broad SMARTS) is 2. The second kappa shape index (κ2) is 7.53. The molecule has 0 heterocycles. The standard InChI is InChI=1S/C21H15NO5/c23-19(22-14-11-9-13(10-12-14)20(24)25)17-7-3-1-5-15(17)16-6-2-4-8-18(16)21(26)27/h1-12H,(H,22,23)(H,24,25)(H,26,27)/p-2. The number of carboxylic acids is 2. The van der Waals surface area contributed by atoms with Crippen LogP contribution in [0.5, 0.6) is 0 Å². The molecule has 0 saturated carbocycles. The van der Waals surface area contributed by atoms with Gasteiger partial charge in [0.25, 0.3) is 5.91 Å². The van der Waals surface area contributed by atoms with E-state index in [0.717, 1.165) is 0 Å². The summed E-state index contributed by atoms with van der Waals surface area (Å²) >= 11 is 0. The lowest BCUT2D eigenvalue weighted by molar-refractivity contribution is -0.256. The molecule has 6 heteroatoms. The van der Waals surface area contributed by atoms with Gasteiger partial charge in [-0.2, -0.15) is 0 Å². The molecule has 1 amide bonds. The van der Waals surface area contributed by atoms with Gasteiger partial charge in [-0.1, -0.05) is 54.6 Å². The second-order valence-electron chi connectivity index (χ2n) is 5.70. The number of benzene rings is 3. The fourth-order valence-electron chi connectivity index (χ4n) is 2.70. The number of rotatable bonds is 5. The SMILES string of the molecule is O=C([O-])c1ccc(NC(=O)c2ccccc2-c2ccccc2C(=O)[O-])cc1. The average Bonchev–Trinajstić information content (AvgIpc) is 2.68. The summed E-state index contributed by atoms with van der Waals surface area (Å²) in [6, 6.07) is 18.4. The second-order valence-corrected chi connectivity index (χ2v) is 5.70. The number of hydrogen-bond acceptors (Lipinski definition) is 5. The first-order valence-corrected chi connectivity index (χ1v) is 8.00. The van der Waals surface area contributed by atoms with E-state index in [4.69, 9.17) is 0 Å². The molecule has 3 aromatic rings. The Morgan fingerprint density at radius 1 is 0.630 bits per heavy atom. The lowest BCUT2D eigenvalue weighted by Gasteiger charge is -2.14. The molecule has 0 aromatic heterocycles. The summed E-state index contributed by atoms with van der Waals surface area (Å²) in [5.74, 6) is -3.10. The van der Waals surface area contributed by atoms with Gasteiger partial charge in [-0.25, -0.2) is 0 Å². The smallest absolute Gasteiger partial charge is 0.256 e. The van der Waals surface area contributed by atoms with Crippen LogP contribution in [0, 0.1) is 0 Å². The highest BCUT2D eigenvalue weighted by Gasteiger charge is 2.15. The van der Waals surface area contributed by atoms with Crippen LogP contribution < -0.4 is 15.5 Å². The third-order valence-electron chi connectivity index (χ3n) is 3.99. The highest BCUT2D eigenvalue weighted by atomic mass is 16.4. The van der Waals surface area contributed by atoms with E-state index in [-0.39, 0.29) is 16.7 Å². The molecule has 0 aliphatic heterocycles. The van der Waals surface area contributed by atoms with Crippen molar-refractivity contribution in [3.05, 3.63) is 89.5 Å². The molecule has 3 aromatic carbocycles. The minimum absolute atomic E-state index is 0.00344. The van der Waals surface area contributed by atoms with Crippen molar-refractivity contribution in [1.29, 1.82) is 0 Å². The Balaban J connectivity index is 1.95. The number of anilines is 1. The summed E-state index contributed by atoms with van der Waals surface area (Å²) in [6.45, 7) is 0. The largest absolute Gasteiger partial charge is 0.545 e. The molecular formula is C21H13NO5-2. The van der Waals surface area contributed by atoms with Crippen molar-refractivity contribution in [2.45, 2.75) is 0 Å². The monoisotopic (exact) mass is 359 g/mol. The summed E-state index contributed by atoms with van der Waals surface area (Å²) in [7, 11) is 0. The summed E-state index contributed by atoms with van der Waals surface area (Å²) in [4.78, 5) is 34.9. The normalized spacial score (nSPS) is 10.2. The molecule has 0 aliphatic rings. The quantitative estimate of drug-likeness (QED) is 0.739. The van der Waals surface area contributed by atoms with Crippen LogP contribution in [-0.4, -0.2) is 17.8 Å². The highest BCUT2D eigenvalue weighted by molar-refractivity contribution is 6.10. The predicted octanol–water partition coefficient (Wildman–Crippen LogP) is 1.33. The van der Waals surface area contributed by atoms with Crippen LogP contribution in [0.25, 0.3) is 11.1 Å². The number of carbonyl (C=O) groups is 3. The van der Waals surface area contributed by atoms with Gasteiger partial charge < -0.3 is 25.1 Å². The number of aromatic carboxylic acids is 2. The van der Waals surface area contributed by atoms with E-state index in [2.05, 4.69) is 5.32 Å². The van der Waals surface area contributed by atoms with Crippen LogP contribution in [0.1, 0.15) is 31.1 Å². The molecular weight excluding hydrogens is 346 g/mol. The fraction of sp³-hybridized carbons (Fsp3) is 0. The maximum Gasteiger partial charge on any atom is 0.256 e. The molecule has 0 aliphatic carbocycles. The zero-order valence-electron chi connectivity index (χ0n) is 14.0. The zero-order chi connectivity index (χ0) is 19.4. The Bertz CT molecular complexity index is 1020. The first-order valence-electron chi connectivity index (χ1n) is 8.00. The molecule has 27 heavy (non-hydrogen) atoms. The van der Waals surface area contributed by atoms with Crippen molar-refractivity contribution in [3.63, 3.8) is 0 Å². The minimum Gasteiger partial charge on any atom is -0.545 e. The van der Waals surface area contributed by atoms with Crippen LogP contribution in [0.3, 0.4) is 0 Å². The van der Waals surface area contributed by atoms with Crippen LogP contribution in [0.2, 0.25) is 0 Å². The Hall–Kier alpha value is -3.93. The van der Waals surface area contributed by atoms with E-state index < -0.39 is 17.8 Å². The molecule has 0 unspecified atom stereocenters. The van der Waals surface area contributed by atoms with Crippen LogP contribution >= 0.6 is 0 Å². The molecule has 0 radical (unpaired) electrons. The van der Waals surface area contributed by atoms with E-state index in [0.29, 0.717) is 16.8 Å². The van der Waals surface area contributed by atoms with Crippen LogP contribution in [0.15, 0.2) is 72.8 Å². The van der Waals surface area contributed by atoms with Crippen molar-refractivity contribution in [1.82, 2.24) is 0 Å².